The van der Waals surface area contributed by atoms with Gasteiger partial charge in [0.25, 0.3) is 0 Å². The average Bonchev–Trinajstić information content (AvgIpc) is 3.59. The molecular formula is C28H35N3O4S. The maximum atomic E-state index is 12.5. The van der Waals surface area contributed by atoms with Crippen molar-refractivity contribution in [1.29, 1.82) is 0 Å². The lowest BCUT2D eigenvalue weighted by Gasteiger charge is -2.13. The van der Waals surface area contributed by atoms with Crippen LogP contribution in [0.4, 0.5) is 5.13 Å². The van der Waals surface area contributed by atoms with Gasteiger partial charge in [0, 0.05) is 6.20 Å². The van der Waals surface area contributed by atoms with Crippen LogP contribution in [0.2, 0.25) is 0 Å². The first-order valence-corrected chi connectivity index (χ1v) is 13.4. The molecule has 2 aromatic carbocycles. The molecule has 1 saturated heterocycles. The second kappa shape index (κ2) is 13.3. The quantitative estimate of drug-likeness (QED) is 0.300. The summed E-state index contributed by atoms with van der Waals surface area (Å²) >= 11 is 1.45. The van der Waals surface area contributed by atoms with Gasteiger partial charge in [0.15, 0.2) is 16.6 Å². The molecule has 7 nitrogen and oxygen atoms in total. The van der Waals surface area contributed by atoms with Crippen LogP contribution in [-0.2, 0) is 11.2 Å². The van der Waals surface area contributed by atoms with Gasteiger partial charge in [-0.1, -0.05) is 17.4 Å². The van der Waals surface area contributed by atoms with Gasteiger partial charge < -0.3 is 24.4 Å². The van der Waals surface area contributed by atoms with E-state index in [-0.39, 0.29) is 12.3 Å². The van der Waals surface area contributed by atoms with Gasteiger partial charge in [-0.2, -0.15) is 0 Å². The number of aromatic nitrogens is 1. The third kappa shape index (κ3) is 7.45. The molecule has 3 aromatic rings. The molecule has 36 heavy (non-hydrogen) atoms. The smallest absolute Gasteiger partial charge is 0.230 e. The van der Waals surface area contributed by atoms with E-state index in [1.54, 1.807) is 26.5 Å². The highest BCUT2D eigenvalue weighted by Gasteiger charge is 2.12. The van der Waals surface area contributed by atoms with E-state index in [2.05, 4.69) is 15.2 Å². The molecular weight excluding hydrogens is 474 g/mol. The second-order valence-electron chi connectivity index (χ2n) is 8.93. The van der Waals surface area contributed by atoms with Crippen LogP contribution in [0.3, 0.4) is 0 Å². The molecule has 192 valence electrons. The first-order valence-electron chi connectivity index (χ1n) is 12.6. The highest BCUT2D eigenvalue weighted by molar-refractivity contribution is 7.19. The SMILES string of the molecule is COc1ccc(CC(=O)Nc2ncc(-c3ccc(OCCCCCN4CCCC4)cc3)s2)cc1OC. The van der Waals surface area contributed by atoms with Crippen molar-refractivity contribution in [3.05, 3.63) is 54.2 Å². The van der Waals surface area contributed by atoms with Crippen LogP contribution in [0.5, 0.6) is 17.2 Å². The number of benzene rings is 2. The van der Waals surface area contributed by atoms with Crippen molar-refractivity contribution in [2.75, 3.05) is 45.8 Å². The summed E-state index contributed by atoms with van der Waals surface area (Å²) in [6.07, 6.45) is 8.26. The normalized spacial score (nSPS) is 13.5. The molecule has 0 spiro atoms. The van der Waals surface area contributed by atoms with E-state index in [1.807, 2.05) is 36.4 Å². The van der Waals surface area contributed by atoms with Crippen molar-refractivity contribution in [3.63, 3.8) is 0 Å². The molecule has 0 aliphatic carbocycles. The number of nitrogens with zero attached hydrogens (tertiary/aromatic N) is 2. The molecule has 4 rings (SSSR count). The Labute approximate surface area is 217 Å². The van der Waals surface area contributed by atoms with Crippen LogP contribution in [0.25, 0.3) is 10.4 Å². The van der Waals surface area contributed by atoms with E-state index < -0.39 is 0 Å². The Bertz CT molecular complexity index is 1110. The van der Waals surface area contributed by atoms with Gasteiger partial charge in [0.1, 0.15) is 5.75 Å². The number of methoxy groups -OCH3 is 2. The van der Waals surface area contributed by atoms with E-state index in [9.17, 15) is 4.79 Å². The fourth-order valence-electron chi connectivity index (χ4n) is 4.33. The first-order chi connectivity index (χ1) is 17.6. The molecule has 0 bridgehead atoms. The Hall–Kier alpha value is -3.10. The maximum Gasteiger partial charge on any atom is 0.230 e. The summed E-state index contributed by atoms with van der Waals surface area (Å²) in [6, 6.07) is 13.5. The van der Waals surface area contributed by atoms with Gasteiger partial charge in [0.2, 0.25) is 5.91 Å². The Morgan fingerprint density at radius 3 is 2.53 bits per heavy atom. The van der Waals surface area contributed by atoms with Crippen molar-refractivity contribution in [2.45, 2.75) is 38.5 Å². The highest BCUT2D eigenvalue weighted by Crippen LogP contribution is 2.31. The predicted molar refractivity (Wildman–Crippen MR) is 144 cm³/mol. The number of hydrogen-bond donors (Lipinski definition) is 1. The summed E-state index contributed by atoms with van der Waals surface area (Å²) in [7, 11) is 3.16. The highest BCUT2D eigenvalue weighted by atomic mass is 32.1. The Morgan fingerprint density at radius 1 is 1.00 bits per heavy atom. The van der Waals surface area contributed by atoms with Crippen molar-refractivity contribution in [1.82, 2.24) is 9.88 Å². The number of unbranched alkanes of at least 4 members (excludes halogenated alkanes) is 2. The minimum absolute atomic E-state index is 0.132. The minimum Gasteiger partial charge on any atom is -0.494 e. The summed E-state index contributed by atoms with van der Waals surface area (Å²) in [5, 5.41) is 3.46. The molecule has 1 N–H and O–H groups in total. The number of ether oxygens (including phenoxy) is 3. The zero-order valence-corrected chi connectivity index (χ0v) is 21.9. The van der Waals surface area contributed by atoms with E-state index in [0.717, 1.165) is 34.8 Å². The van der Waals surface area contributed by atoms with Crippen LogP contribution in [0.15, 0.2) is 48.7 Å². The Morgan fingerprint density at radius 2 is 1.78 bits per heavy atom. The lowest BCUT2D eigenvalue weighted by Crippen LogP contribution is -2.20. The zero-order chi connectivity index (χ0) is 25.2. The van der Waals surface area contributed by atoms with Gasteiger partial charge in [-0.3, -0.25) is 4.79 Å². The molecule has 2 heterocycles. The predicted octanol–water partition coefficient (Wildman–Crippen LogP) is 5.65. The van der Waals surface area contributed by atoms with Gasteiger partial charge in [-0.25, -0.2) is 4.98 Å². The van der Waals surface area contributed by atoms with Crippen LogP contribution < -0.4 is 19.5 Å². The monoisotopic (exact) mass is 509 g/mol. The fraction of sp³-hybridized carbons (Fsp3) is 0.429. The summed E-state index contributed by atoms with van der Waals surface area (Å²) in [6.45, 7) is 4.52. The zero-order valence-electron chi connectivity index (χ0n) is 21.1. The largest absolute Gasteiger partial charge is 0.494 e. The van der Waals surface area contributed by atoms with E-state index >= 15 is 0 Å². The van der Waals surface area contributed by atoms with Crippen molar-refractivity contribution < 1.29 is 19.0 Å². The number of thiazole rings is 1. The summed E-state index contributed by atoms with van der Waals surface area (Å²) < 4.78 is 16.5. The average molecular weight is 510 g/mol. The Balaban J connectivity index is 1.21. The molecule has 0 atom stereocenters. The van der Waals surface area contributed by atoms with Gasteiger partial charge in [-0.15, -0.1) is 0 Å². The summed E-state index contributed by atoms with van der Waals surface area (Å²) in [5.74, 6) is 1.98. The fourth-order valence-corrected chi connectivity index (χ4v) is 5.17. The first kappa shape index (κ1) is 26.0. The topological polar surface area (TPSA) is 72.9 Å². The lowest BCUT2D eigenvalue weighted by atomic mass is 10.1. The van der Waals surface area contributed by atoms with Gasteiger partial charge in [0.05, 0.1) is 32.1 Å². The van der Waals surface area contributed by atoms with E-state index in [4.69, 9.17) is 14.2 Å². The molecule has 1 aliphatic rings. The molecule has 8 heteroatoms. The molecule has 1 fully saturated rings. The van der Waals surface area contributed by atoms with Gasteiger partial charge in [-0.05, 0) is 99.3 Å². The molecule has 0 radical (unpaired) electrons. The van der Waals surface area contributed by atoms with E-state index in [1.165, 1.54) is 56.7 Å². The number of rotatable bonds is 13. The number of amides is 1. The number of carbonyl (C=O) groups is 1. The standard InChI is InChI=1S/C28H35N3O4S/c1-33-24-13-8-21(18-25(24)34-2)19-27(32)30-28-29-20-26(36-28)22-9-11-23(12-10-22)35-17-7-3-4-14-31-15-5-6-16-31/h8-13,18,20H,3-7,14-17,19H2,1-2H3,(H,29,30,32). The third-order valence-electron chi connectivity index (χ3n) is 6.29. The van der Waals surface area contributed by atoms with E-state index in [0.29, 0.717) is 16.6 Å². The Kier molecular flexibility index (Phi) is 9.58. The van der Waals surface area contributed by atoms with Crippen molar-refractivity contribution in [2.24, 2.45) is 0 Å². The minimum atomic E-state index is -0.132. The van der Waals surface area contributed by atoms with Crippen LogP contribution in [0, 0.1) is 0 Å². The number of hydrogen-bond acceptors (Lipinski definition) is 7. The number of carbonyl (C=O) groups excluding carboxylic acids is 1. The number of likely N-dealkylation sites (tertiary alicyclic amines) is 1. The van der Waals surface area contributed by atoms with Gasteiger partial charge >= 0.3 is 0 Å². The second-order valence-corrected chi connectivity index (χ2v) is 9.96. The summed E-state index contributed by atoms with van der Waals surface area (Å²) in [4.78, 5) is 20.4. The molecule has 0 saturated carbocycles. The van der Waals surface area contributed by atoms with Crippen molar-refractivity contribution in [3.8, 4) is 27.7 Å². The molecule has 1 aliphatic heterocycles. The summed E-state index contributed by atoms with van der Waals surface area (Å²) in [5.41, 5.74) is 1.88. The van der Waals surface area contributed by atoms with Crippen LogP contribution in [-0.4, -0.2) is 56.3 Å². The van der Waals surface area contributed by atoms with Crippen molar-refractivity contribution >= 4 is 22.4 Å². The molecule has 0 unspecified atom stereocenters. The van der Waals surface area contributed by atoms with Crippen LogP contribution >= 0.6 is 11.3 Å². The maximum absolute atomic E-state index is 12.5. The molecule has 1 amide bonds. The lowest BCUT2D eigenvalue weighted by molar-refractivity contribution is -0.115. The number of nitrogens with one attached hydrogen (secondary N) is 1. The third-order valence-corrected chi connectivity index (χ3v) is 7.25. The van der Waals surface area contributed by atoms with Crippen LogP contribution in [0.1, 0.15) is 37.7 Å². The number of anilines is 1. The molecule has 1 aromatic heterocycles.